The van der Waals surface area contributed by atoms with Crippen molar-refractivity contribution in [3.63, 3.8) is 0 Å². The minimum Gasteiger partial charge on any atom is -0.282 e. The Balaban J connectivity index is 1.94. The highest BCUT2D eigenvalue weighted by molar-refractivity contribution is 7.98. The molecule has 0 bridgehead atoms. The Hall–Kier alpha value is -2.74. The maximum Gasteiger partial charge on any atom is 0.285 e. The van der Waals surface area contributed by atoms with Crippen molar-refractivity contribution in [3.05, 3.63) is 52.4 Å². The third-order valence-corrected chi connectivity index (χ3v) is 4.43. The highest BCUT2D eigenvalue weighted by Crippen LogP contribution is 2.14. The first-order valence-corrected chi connectivity index (χ1v) is 8.72. The molecule has 24 heavy (non-hydrogen) atoms. The van der Waals surface area contributed by atoms with Crippen molar-refractivity contribution in [2.75, 3.05) is 6.26 Å². The van der Waals surface area contributed by atoms with Crippen molar-refractivity contribution in [2.45, 2.75) is 18.5 Å². The van der Waals surface area contributed by atoms with Crippen LogP contribution in [0, 0.1) is 0 Å². The average molecular weight is 338 g/mol. The van der Waals surface area contributed by atoms with Crippen LogP contribution in [0.4, 0.5) is 0 Å². The van der Waals surface area contributed by atoms with Gasteiger partial charge in [-0.25, -0.2) is 0 Å². The molecular weight excluding hydrogens is 324 g/mol. The number of aryl methyl sites for hydroxylation is 1. The number of rotatable bonds is 3. The van der Waals surface area contributed by atoms with E-state index in [1.807, 2.05) is 36.6 Å². The second kappa shape index (κ2) is 5.72. The summed E-state index contributed by atoms with van der Waals surface area (Å²) < 4.78 is 3.12. The van der Waals surface area contributed by atoms with E-state index in [1.165, 1.54) is 17.3 Å². The molecule has 0 N–H and O–H groups in total. The lowest BCUT2D eigenvalue weighted by molar-refractivity contribution is 0.885. The van der Waals surface area contributed by atoms with E-state index >= 15 is 0 Å². The monoisotopic (exact) mass is 338 g/mol. The topological polar surface area (TPSA) is 78.0 Å². The molecule has 0 aliphatic rings. The van der Waals surface area contributed by atoms with Gasteiger partial charge < -0.3 is 0 Å². The Morgan fingerprint density at radius 2 is 1.92 bits per heavy atom. The van der Waals surface area contributed by atoms with Crippen molar-refractivity contribution in [3.8, 4) is 5.69 Å². The summed E-state index contributed by atoms with van der Waals surface area (Å²) in [5.41, 5.74) is 2.65. The molecule has 0 unspecified atom stereocenters. The summed E-state index contributed by atoms with van der Waals surface area (Å²) in [6.45, 7) is 2.10. The number of fused-ring (bicyclic) bond motifs is 3. The molecule has 0 fully saturated rings. The third kappa shape index (κ3) is 2.26. The summed E-state index contributed by atoms with van der Waals surface area (Å²) in [5.74, 6) is 0.385. The molecule has 7 nitrogen and oxygen atoms in total. The Morgan fingerprint density at radius 3 is 2.62 bits per heavy atom. The van der Waals surface area contributed by atoms with Crippen LogP contribution in [0.5, 0.6) is 0 Å². The van der Waals surface area contributed by atoms with E-state index in [4.69, 9.17) is 0 Å². The molecule has 0 saturated carbocycles. The number of pyridine rings is 1. The van der Waals surface area contributed by atoms with Gasteiger partial charge in [-0.2, -0.15) is 9.50 Å². The van der Waals surface area contributed by atoms with E-state index in [-0.39, 0.29) is 11.1 Å². The van der Waals surface area contributed by atoms with Gasteiger partial charge in [0.1, 0.15) is 5.52 Å². The van der Waals surface area contributed by atoms with Crippen LogP contribution in [-0.2, 0) is 6.42 Å². The van der Waals surface area contributed by atoms with Crippen LogP contribution in [-0.4, -0.2) is 35.6 Å². The van der Waals surface area contributed by atoms with E-state index < -0.39 is 0 Å². The van der Waals surface area contributed by atoms with Crippen LogP contribution in [0.3, 0.4) is 0 Å². The maximum absolute atomic E-state index is 12.8. The first-order chi connectivity index (χ1) is 11.7. The molecule has 120 valence electrons. The summed E-state index contributed by atoms with van der Waals surface area (Å²) in [4.78, 5) is 17.0. The fourth-order valence-corrected chi connectivity index (χ4v) is 2.91. The van der Waals surface area contributed by atoms with Crippen molar-refractivity contribution < 1.29 is 0 Å². The number of hydrogen-bond donors (Lipinski definition) is 0. The molecule has 0 saturated heterocycles. The van der Waals surface area contributed by atoms with Crippen molar-refractivity contribution in [2.24, 2.45) is 0 Å². The molecule has 3 aromatic heterocycles. The Labute approximate surface area is 141 Å². The molecule has 4 rings (SSSR count). The molecule has 0 aliphatic heterocycles. The smallest absolute Gasteiger partial charge is 0.282 e. The van der Waals surface area contributed by atoms with Gasteiger partial charge >= 0.3 is 0 Å². The lowest BCUT2D eigenvalue weighted by Crippen LogP contribution is -2.20. The molecule has 3 heterocycles. The van der Waals surface area contributed by atoms with Gasteiger partial charge in [-0.3, -0.25) is 9.36 Å². The standard InChI is InChI=1S/C16H14N6OS/c1-3-10-4-6-11(7-5-10)21-9-8-12-13(14(21)23)18-19-15-17-16(24-2)20-22(12)15/h4-9H,3H2,1-2H3. The van der Waals surface area contributed by atoms with Crippen molar-refractivity contribution in [1.82, 2.24) is 29.4 Å². The van der Waals surface area contributed by atoms with Crippen LogP contribution >= 0.6 is 11.8 Å². The Bertz CT molecular complexity index is 1100. The van der Waals surface area contributed by atoms with Gasteiger partial charge in [0.05, 0.1) is 0 Å². The number of hydrogen-bond acceptors (Lipinski definition) is 6. The lowest BCUT2D eigenvalue weighted by Gasteiger charge is -2.07. The highest BCUT2D eigenvalue weighted by Gasteiger charge is 2.13. The van der Waals surface area contributed by atoms with Gasteiger partial charge in [0.2, 0.25) is 5.16 Å². The summed E-state index contributed by atoms with van der Waals surface area (Å²) in [6, 6.07) is 9.70. The molecule has 8 heteroatoms. The zero-order valence-corrected chi connectivity index (χ0v) is 14.0. The first-order valence-electron chi connectivity index (χ1n) is 7.49. The zero-order chi connectivity index (χ0) is 16.7. The van der Waals surface area contributed by atoms with Crippen molar-refractivity contribution in [1.29, 1.82) is 0 Å². The Morgan fingerprint density at radius 1 is 1.12 bits per heavy atom. The van der Waals surface area contributed by atoms with Crippen LogP contribution in [0.2, 0.25) is 0 Å². The molecule has 0 atom stereocenters. The second-order valence-corrected chi connectivity index (χ2v) is 6.03. The summed E-state index contributed by atoms with van der Waals surface area (Å²) in [5, 5.41) is 13.0. The van der Waals surface area contributed by atoms with Gasteiger partial charge in [-0.05, 0) is 36.4 Å². The fourth-order valence-electron chi connectivity index (χ4n) is 2.57. The van der Waals surface area contributed by atoms with Crippen LogP contribution < -0.4 is 5.56 Å². The van der Waals surface area contributed by atoms with Crippen LogP contribution in [0.25, 0.3) is 22.5 Å². The van der Waals surface area contributed by atoms with Crippen LogP contribution in [0.15, 0.2) is 46.5 Å². The minimum atomic E-state index is -0.229. The fraction of sp³-hybridized carbons (Fsp3) is 0.188. The molecule has 1 aromatic carbocycles. The molecule has 4 aromatic rings. The molecular formula is C16H14N6OS. The molecule has 0 aliphatic carbocycles. The second-order valence-electron chi connectivity index (χ2n) is 5.26. The predicted octanol–water partition coefficient (Wildman–Crippen LogP) is 2.11. The maximum atomic E-state index is 12.8. The molecule has 0 spiro atoms. The van der Waals surface area contributed by atoms with Gasteiger partial charge in [-0.1, -0.05) is 30.8 Å². The third-order valence-electron chi connectivity index (χ3n) is 3.89. The lowest BCUT2D eigenvalue weighted by atomic mass is 10.1. The zero-order valence-electron chi connectivity index (χ0n) is 13.2. The SMILES string of the molecule is CCc1ccc(-n2ccc3c(nnc4nc(SC)nn43)c2=O)cc1. The Kier molecular flexibility index (Phi) is 3.53. The minimum absolute atomic E-state index is 0.229. The number of aromatic nitrogens is 6. The van der Waals surface area contributed by atoms with E-state index in [9.17, 15) is 4.79 Å². The predicted molar refractivity (Wildman–Crippen MR) is 92.8 cm³/mol. The van der Waals surface area contributed by atoms with E-state index in [1.54, 1.807) is 15.3 Å². The van der Waals surface area contributed by atoms with Gasteiger partial charge in [0.15, 0.2) is 5.52 Å². The summed E-state index contributed by atoms with van der Waals surface area (Å²) in [6.07, 6.45) is 4.57. The van der Waals surface area contributed by atoms with E-state index in [2.05, 4.69) is 27.2 Å². The highest BCUT2D eigenvalue weighted by atomic mass is 32.2. The number of thioether (sulfide) groups is 1. The number of nitrogens with zero attached hydrogens (tertiary/aromatic N) is 6. The average Bonchev–Trinajstić information content (AvgIpc) is 3.06. The van der Waals surface area contributed by atoms with Gasteiger partial charge in [0.25, 0.3) is 11.3 Å². The molecule has 0 amide bonds. The summed E-state index contributed by atoms with van der Waals surface area (Å²) >= 11 is 1.42. The van der Waals surface area contributed by atoms with E-state index in [0.29, 0.717) is 16.5 Å². The number of benzene rings is 1. The normalized spacial score (nSPS) is 11.4. The first kappa shape index (κ1) is 14.8. The van der Waals surface area contributed by atoms with Crippen molar-refractivity contribution >= 4 is 28.6 Å². The van der Waals surface area contributed by atoms with Gasteiger partial charge in [0, 0.05) is 11.9 Å². The molecule has 0 radical (unpaired) electrons. The summed E-state index contributed by atoms with van der Waals surface area (Å²) in [7, 11) is 0. The van der Waals surface area contributed by atoms with E-state index in [0.717, 1.165) is 12.1 Å². The largest absolute Gasteiger partial charge is 0.285 e. The van der Waals surface area contributed by atoms with Gasteiger partial charge in [-0.15, -0.1) is 15.3 Å². The van der Waals surface area contributed by atoms with Crippen LogP contribution in [0.1, 0.15) is 12.5 Å². The quantitative estimate of drug-likeness (QED) is 0.532.